The fraction of sp³-hybridized carbons (Fsp3) is 0.375. The second-order valence-corrected chi connectivity index (χ2v) is 8.85. The summed E-state index contributed by atoms with van der Waals surface area (Å²) in [6.45, 7) is 9.08. The van der Waals surface area contributed by atoms with Gasteiger partial charge < -0.3 is 4.74 Å². The van der Waals surface area contributed by atoms with Gasteiger partial charge in [0.1, 0.15) is 0 Å². The molecule has 0 aliphatic carbocycles. The van der Waals surface area contributed by atoms with Gasteiger partial charge in [0.15, 0.2) is 0 Å². The average molecular weight is 381 g/mol. The molecule has 27 heavy (non-hydrogen) atoms. The first kappa shape index (κ1) is 19.8. The molecule has 3 heteroatoms. The first-order valence-electron chi connectivity index (χ1n) is 9.64. The Morgan fingerprint density at radius 3 is 2.56 bits per heavy atom. The molecule has 1 aliphatic heterocycles. The lowest BCUT2D eigenvalue weighted by Crippen LogP contribution is -2.17. The molecule has 0 saturated heterocycles. The fourth-order valence-corrected chi connectivity index (χ4v) is 4.69. The van der Waals surface area contributed by atoms with Crippen LogP contribution in [-0.4, -0.2) is 18.3 Å². The largest absolute Gasteiger partial charge is 0.462 e. The Bertz CT molecular complexity index is 847. The van der Waals surface area contributed by atoms with Crippen molar-refractivity contribution in [1.29, 1.82) is 0 Å². The van der Waals surface area contributed by atoms with Crippen molar-refractivity contribution in [2.24, 2.45) is 0 Å². The number of carbonyl (C=O) groups is 1. The number of ether oxygens (including phenoxy) is 1. The zero-order chi connectivity index (χ0) is 19.4. The summed E-state index contributed by atoms with van der Waals surface area (Å²) in [5.74, 6) is 0.937. The van der Waals surface area contributed by atoms with E-state index in [4.69, 9.17) is 4.74 Å². The number of allylic oxidation sites excluding steroid dienone is 1. The van der Waals surface area contributed by atoms with Crippen molar-refractivity contribution in [3.63, 3.8) is 0 Å². The summed E-state index contributed by atoms with van der Waals surface area (Å²) in [7, 11) is 0. The number of benzene rings is 2. The van der Waals surface area contributed by atoms with Gasteiger partial charge in [0.25, 0.3) is 0 Å². The highest BCUT2D eigenvalue weighted by Crippen LogP contribution is 2.41. The fourth-order valence-electron chi connectivity index (χ4n) is 3.52. The lowest BCUT2D eigenvalue weighted by atomic mass is 9.80. The summed E-state index contributed by atoms with van der Waals surface area (Å²) >= 11 is 1.98. The summed E-state index contributed by atoms with van der Waals surface area (Å²) in [5, 5.41) is 0. The Morgan fingerprint density at radius 1 is 1.15 bits per heavy atom. The summed E-state index contributed by atoms with van der Waals surface area (Å²) in [6, 6.07) is 14.5. The molecule has 2 aromatic carbocycles. The number of rotatable bonds is 4. The van der Waals surface area contributed by atoms with E-state index in [1.807, 2.05) is 43.0 Å². The van der Waals surface area contributed by atoms with E-state index < -0.39 is 0 Å². The molecule has 1 heterocycles. The summed E-state index contributed by atoms with van der Waals surface area (Å²) in [5.41, 5.74) is 5.86. The number of carbonyl (C=O) groups excluding carboxylic acids is 1. The number of hydrogen-bond donors (Lipinski definition) is 0. The summed E-state index contributed by atoms with van der Waals surface area (Å²) in [4.78, 5) is 13.2. The van der Waals surface area contributed by atoms with Crippen molar-refractivity contribution < 1.29 is 9.53 Å². The SMILES string of the molecule is CCOC(=O)c1ccc(/C=C(\C)c2ccc3c(c2)C(C)(C)CCCS3)cc1. The molecule has 0 atom stereocenters. The highest BCUT2D eigenvalue weighted by molar-refractivity contribution is 7.99. The van der Waals surface area contributed by atoms with Gasteiger partial charge in [0.05, 0.1) is 12.2 Å². The van der Waals surface area contributed by atoms with E-state index in [9.17, 15) is 4.79 Å². The van der Waals surface area contributed by atoms with Crippen LogP contribution in [0.2, 0.25) is 0 Å². The van der Waals surface area contributed by atoms with E-state index in [-0.39, 0.29) is 11.4 Å². The minimum atomic E-state index is -0.268. The minimum Gasteiger partial charge on any atom is -0.462 e. The molecular weight excluding hydrogens is 352 g/mol. The number of thioether (sulfide) groups is 1. The maximum Gasteiger partial charge on any atom is 0.338 e. The Balaban J connectivity index is 1.86. The third kappa shape index (κ3) is 4.65. The van der Waals surface area contributed by atoms with E-state index in [0.29, 0.717) is 12.2 Å². The van der Waals surface area contributed by atoms with Crippen LogP contribution < -0.4 is 0 Å². The van der Waals surface area contributed by atoms with E-state index in [1.165, 1.54) is 40.2 Å². The van der Waals surface area contributed by atoms with Gasteiger partial charge in [-0.3, -0.25) is 0 Å². The zero-order valence-corrected chi connectivity index (χ0v) is 17.5. The number of esters is 1. The van der Waals surface area contributed by atoms with E-state index in [2.05, 4.69) is 45.0 Å². The standard InChI is InChI=1S/C24H28O2S/c1-5-26-23(25)19-9-7-18(8-10-19)15-17(2)20-11-12-22-21(16-20)24(3,4)13-6-14-27-22/h7-12,15-16H,5-6,13-14H2,1-4H3/b17-15+. The highest BCUT2D eigenvalue weighted by atomic mass is 32.2. The van der Waals surface area contributed by atoms with Crippen LogP contribution in [0.4, 0.5) is 0 Å². The lowest BCUT2D eigenvalue weighted by Gasteiger charge is -2.25. The highest BCUT2D eigenvalue weighted by Gasteiger charge is 2.26. The van der Waals surface area contributed by atoms with Gasteiger partial charge in [-0.1, -0.05) is 38.1 Å². The zero-order valence-electron chi connectivity index (χ0n) is 16.7. The first-order chi connectivity index (χ1) is 12.9. The van der Waals surface area contributed by atoms with Crippen molar-refractivity contribution in [3.05, 3.63) is 64.7 Å². The van der Waals surface area contributed by atoms with Crippen LogP contribution >= 0.6 is 11.8 Å². The van der Waals surface area contributed by atoms with Crippen LogP contribution in [0.15, 0.2) is 47.4 Å². The lowest BCUT2D eigenvalue weighted by molar-refractivity contribution is 0.0526. The van der Waals surface area contributed by atoms with Gasteiger partial charge >= 0.3 is 5.97 Å². The van der Waals surface area contributed by atoms with Gasteiger partial charge in [-0.25, -0.2) is 4.79 Å². The molecule has 0 saturated carbocycles. The molecule has 0 amide bonds. The molecule has 1 aliphatic rings. The molecule has 3 rings (SSSR count). The quantitative estimate of drug-likeness (QED) is 0.442. The molecule has 2 aromatic rings. The smallest absolute Gasteiger partial charge is 0.338 e. The first-order valence-corrected chi connectivity index (χ1v) is 10.6. The van der Waals surface area contributed by atoms with Crippen molar-refractivity contribution in [1.82, 2.24) is 0 Å². The van der Waals surface area contributed by atoms with Crippen molar-refractivity contribution in [2.45, 2.75) is 50.8 Å². The molecule has 0 aromatic heterocycles. The van der Waals surface area contributed by atoms with Crippen LogP contribution in [-0.2, 0) is 10.2 Å². The van der Waals surface area contributed by atoms with Crippen LogP contribution in [0.25, 0.3) is 11.6 Å². The average Bonchev–Trinajstić information content (AvgIpc) is 2.80. The second kappa shape index (κ2) is 8.35. The number of hydrogen-bond acceptors (Lipinski definition) is 3. The Morgan fingerprint density at radius 2 is 1.85 bits per heavy atom. The number of fused-ring (bicyclic) bond motifs is 1. The van der Waals surface area contributed by atoms with E-state index >= 15 is 0 Å². The van der Waals surface area contributed by atoms with Gasteiger partial charge in [-0.2, -0.15) is 0 Å². The normalized spacial score (nSPS) is 16.4. The third-order valence-electron chi connectivity index (χ3n) is 5.17. The summed E-state index contributed by atoms with van der Waals surface area (Å²) in [6.07, 6.45) is 4.67. The maximum atomic E-state index is 11.8. The molecule has 0 unspecified atom stereocenters. The third-order valence-corrected chi connectivity index (χ3v) is 6.33. The minimum absolute atomic E-state index is 0.219. The molecule has 0 N–H and O–H groups in total. The van der Waals surface area contributed by atoms with E-state index in [0.717, 1.165) is 5.56 Å². The monoisotopic (exact) mass is 380 g/mol. The second-order valence-electron chi connectivity index (χ2n) is 7.72. The van der Waals surface area contributed by atoms with Crippen LogP contribution in [0.1, 0.15) is 67.6 Å². The predicted molar refractivity (Wildman–Crippen MR) is 115 cm³/mol. The van der Waals surface area contributed by atoms with Crippen LogP contribution in [0, 0.1) is 0 Å². The summed E-state index contributed by atoms with van der Waals surface area (Å²) < 4.78 is 5.04. The van der Waals surface area contributed by atoms with Crippen LogP contribution in [0.3, 0.4) is 0 Å². The van der Waals surface area contributed by atoms with Gasteiger partial charge in [-0.15, -0.1) is 11.8 Å². The van der Waals surface area contributed by atoms with Crippen LogP contribution in [0.5, 0.6) is 0 Å². The van der Waals surface area contributed by atoms with E-state index in [1.54, 1.807) is 0 Å². The Kier molecular flexibility index (Phi) is 6.11. The predicted octanol–water partition coefficient (Wildman–Crippen LogP) is 6.59. The molecular formula is C24H28O2S. The maximum absolute atomic E-state index is 11.8. The topological polar surface area (TPSA) is 26.3 Å². The van der Waals surface area contributed by atoms with Crippen molar-refractivity contribution >= 4 is 29.4 Å². The van der Waals surface area contributed by atoms with Gasteiger partial charge in [-0.05, 0) is 84.4 Å². The molecule has 0 spiro atoms. The molecule has 0 radical (unpaired) electrons. The Labute approximate surface area is 167 Å². The Hall–Kier alpha value is -2.00. The van der Waals surface area contributed by atoms with Gasteiger partial charge in [0, 0.05) is 4.90 Å². The van der Waals surface area contributed by atoms with Crippen molar-refractivity contribution in [2.75, 3.05) is 12.4 Å². The molecule has 0 bridgehead atoms. The van der Waals surface area contributed by atoms with Crippen molar-refractivity contribution in [3.8, 4) is 0 Å². The van der Waals surface area contributed by atoms with Gasteiger partial charge in [0.2, 0.25) is 0 Å². The molecule has 142 valence electrons. The molecule has 0 fully saturated rings. The molecule has 2 nitrogen and oxygen atoms in total.